The molecular formula is C28H21ClN2O4. The van der Waals surface area contributed by atoms with Crippen LogP contribution in [0.15, 0.2) is 84.9 Å². The molecule has 0 saturated heterocycles. The maximum absolute atomic E-state index is 13.6. The Kier molecular flexibility index (Phi) is 5.97. The molecule has 0 saturated carbocycles. The average Bonchev–Trinajstić information content (AvgIpc) is 2.89. The summed E-state index contributed by atoms with van der Waals surface area (Å²) in [6.07, 6.45) is 0. The number of amides is 3. The molecule has 0 N–H and O–H groups in total. The lowest BCUT2D eigenvalue weighted by Gasteiger charge is -2.30. The number of carbonyl (C=O) groups is 3. The normalized spacial score (nSPS) is 12.7. The van der Waals surface area contributed by atoms with Gasteiger partial charge in [-0.05, 0) is 47.9 Å². The molecule has 0 spiro atoms. The number of anilines is 1. The molecule has 0 unspecified atom stereocenters. The molecule has 3 amide bonds. The minimum atomic E-state index is -0.380. The lowest BCUT2D eigenvalue weighted by atomic mass is 9.94. The monoisotopic (exact) mass is 484 g/mol. The van der Waals surface area contributed by atoms with E-state index in [0.29, 0.717) is 38.5 Å². The molecular weight excluding hydrogens is 464 g/mol. The second-order valence-corrected chi connectivity index (χ2v) is 8.55. The fourth-order valence-electron chi connectivity index (χ4n) is 4.45. The lowest BCUT2D eigenvalue weighted by Crippen LogP contribution is -2.46. The van der Waals surface area contributed by atoms with Gasteiger partial charge in [0.1, 0.15) is 5.75 Å². The summed E-state index contributed by atoms with van der Waals surface area (Å²) < 4.78 is 5.49. The van der Waals surface area contributed by atoms with Crippen LogP contribution in [0.5, 0.6) is 5.75 Å². The van der Waals surface area contributed by atoms with E-state index in [1.54, 1.807) is 72.8 Å². The number of nitrogens with zero attached hydrogens (tertiary/aromatic N) is 2. The standard InChI is InChI=1S/C28H21ClN2O4/c1-35-24-14-3-2-13-23(24)30(26(32)19-9-4-10-20(29)17-19)15-16-31-27(33)21-11-5-7-18-8-6-12-22(25(18)21)28(31)34/h2-14,17H,15-16H2,1H3. The number of carbonyl (C=O) groups excluding carboxylic acids is 3. The zero-order valence-corrected chi connectivity index (χ0v) is 19.7. The third-order valence-corrected chi connectivity index (χ3v) is 6.33. The zero-order chi connectivity index (χ0) is 24.5. The van der Waals surface area contributed by atoms with Gasteiger partial charge in [-0.25, -0.2) is 0 Å². The summed E-state index contributed by atoms with van der Waals surface area (Å²) in [6, 6.07) is 24.6. The second kappa shape index (κ2) is 9.24. The van der Waals surface area contributed by atoms with Crippen molar-refractivity contribution >= 4 is 45.8 Å². The van der Waals surface area contributed by atoms with E-state index in [4.69, 9.17) is 16.3 Å². The van der Waals surface area contributed by atoms with Gasteiger partial charge in [0.2, 0.25) is 0 Å². The second-order valence-electron chi connectivity index (χ2n) is 8.11. The Labute approximate surface area is 207 Å². The van der Waals surface area contributed by atoms with Gasteiger partial charge in [0.25, 0.3) is 17.7 Å². The van der Waals surface area contributed by atoms with Gasteiger partial charge < -0.3 is 9.64 Å². The molecule has 174 valence electrons. The van der Waals surface area contributed by atoms with Crippen LogP contribution in [0, 0.1) is 0 Å². The van der Waals surface area contributed by atoms with Gasteiger partial charge in [-0.1, -0.05) is 54.1 Å². The Balaban J connectivity index is 1.50. The summed E-state index contributed by atoms with van der Waals surface area (Å²) >= 11 is 6.13. The molecule has 0 aliphatic carbocycles. The first kappa shape index (κ1) is 22.6. The van der Waals surface area contributed by atoms with Gasteiger partial charge in [-0.3, -0.25) is 19.3 Å². The number of methoxy groups -OCH3 is 1. The van der Waals surface area contributed by atoms with E-state index in [1.807, 2.05) is 12.1 Å². The van der Waals surface area contributed by atoms with Crippen molar-refractivity contribution in [2.45, 2.75) is 0 Å². The minimum absolute atomic E-state index is 0.00669. The van der Waals surface area contributed by atoms with Crippen LogP contribution in [0.2, 0.25) is 5.02 Å². The highest BCUT2D eigenvalue weighted by molar-refractivity contribution is 6.31. The van der Waals surface area contributed by atoms with E-state index in [2.05, 4.69) is 0 Å². The van der Waals surface area contributed by atoms with Crippen LogP contribution in [0.1, 0.15) is 31.1 Å². The molecule has 0 bridgehead atoms. The van der Waals surface area contributed by atoms with Gasteiger partial charge in [0.05, 0.1) is 12.8 Å². The summed E-state index contributed by atoms with van der Waals surface area (Å²) in [4.78, 5) is 42.9. The molecule has 0 atom stereocenters. The lowest BCUT2D eigenvalue weighted by molar-refractivity contribution is 0.0611. The molecule has 1 aliphatic heterocycles. The topological polar surface area (TPSA) is 66.9 Å². The van der Waals surface area contributed by atoms with Crippen LogP contribution < -0.4 is 9.64 Å². The Morgan fingerprint density at radius 3 is 2.20 bits per heavy atom. The summed E-state index contributed by atoms with van der Waals surface area (Å²) in [5.41, 5.74) is 1.86. The number of hydrogen-bond acceptors (Lipinski definition) is 4. The predicted octanol–water partition coefficient (Wildman–Crippen LogP) is 5.44. The summed E-state index contributed by atoms with van der Waals surface area (Å²) in [7, 11) is 1.52. The van der Waals surface area contributed by atoms with Crippen molar-refractivity contribution in [1.29, 1.82) is 0 Å². The van der Waals surface area contributed by atoms with Gasteiger partial charge in [0.15, 0.2) is 0 Å². The third-order valence-electron chi connectivity index (χ3n) is 6.10. The number of benzene rings is 4. The fraction of sp³-hybridized carbons (Fsp3) is 0.107. The first-order valence-electron chi connectivity index (χ1n) is 11.1. The highest BCUT2D eigenvalue weighted by Crippen LogP contribution is 2.32. The first-order chi connectivity index (χ1) is 17.0. The van der Waals surface area contributed by atoms with Crippen molar-refractivity contribution in [2.24, 2.45) is 0 Å². The van der Waals surface area contributed by atoms with Crippen molar-refractivity contribution in [3.05, 3.63) is 107 Å². The van der Waals surface area contributed by atoms with Gasteiger partial charge in [0, 0.05) is 40.2 Å². The maximum atomic E-state index is 13.6. The van der Waals surface area contributed by atoms with E-state index in [-0.39, 0.29) is 30.8 Å². The number of hydrogen-bond donors (Lipinski definition) is 0. The quantitative estimate of drug-likeness (QED) is 0.341. The number of para-hydroxylation sites is 2. The molecule has 5 rings (SSSR count). The van der Waals surface area contributed by atoms with E-state index in [1.165, 1.54) is 16.9 Å². The molecule has 7 heteroatoms. The van der Waals surface area contributed by atoms with E-state index in [0.717, 1.165) is 5.39 Å². The van der Waals surface area contributed by atoms with Gasteiger partial charge in [-0.2, -0.15) is 0 Å². The van der Waals surface area contributed by atoms with Gasteiger partial charge >= 0.3 is 0 Å². The van der Waals surface area contributed by atoms with Crippen LogP contribution in [0.3, 0.4) is 0 Å². The molecule has 0 fully saturated rings. The Morgan fingerprint density at radius 2 is 1.54 bits per heavy atom. The van der Waals surface area contributed by atoms with E-state index < -0.39 is 0 Å². The number of imide groups is 1. The van der Waals surface area contributed by atoms with Crippen LogP contribution in [0.4, 0.5) is 5.69 Å². The van der Waals surface area contributed by atoms with Crippen molar-refractivity contribution in [1.82, 2.24) is 4.90 Å². The van der Waals surface area contributed by atoms with Crippen LogP contribution in [-0.2, 0) is 0 Å². The summed E-state index contributed by atoms with van der Waals surface area (Å²) in [5, 5.41) is 1.94. The summed E-state index contributed by atoms with van der Waals surface area (Å²) in [6.45, 7) is 0.0775. The number of ether oxygens (including phenoxy) is 1. The molecule has 1 aliphatic rings. The Hall–Kier alpha value is -4.16. The minimum Gasteiger partial charge on any atom is -0.495 e. The van der Waals surface area contributed by atoms with Crippen LogP contribution >= 0.6 is 11.6 Å². The van der Waals surface area contributed by atoms with Crippen LogP contribution in [-0.4, -0.2) is 42.8 Å². The third kappa shape index (κ3) is 4.02. The van der Waals surface area contributed by atoms with Gasteiger partial charge in [-0.15, -0.1) is 0 Å². The maximum Gasteiger partial charge on any atom is 0.261 e. The fourth-order valence-corrected chi connectivity index (χ4v) is 4.64. The largest absolute Gasteiger partial charge is 0.495 e. The molecule has 4 aromatic carbocycles. The average molecular weight is 485 g/mol. The molecule has 0 aromatic heterocycles. The van der Waals surface area contributed by atoms with Crippen molar-refractivity contribution in [3.8, 4) is 5.75 Å². The SMILES string of the molecule is COc1ccccc1N(CCN1C(=O)c2cccc3cccc(c23)C1=O)C(=O)c1cccc(Cl)c1. The molecule has 1 heterocycles. The summed E-state index contributed by atoms with van der Waals surface area (Å²) in [5.74, 6) is -0.588. The molecule has 35 heavy (non-hydrogen) atoms. The highest BCUT2D eigenvalue weighted by atomic mass is 35.5. The van der Waals surface area contributed by atoms with E-state index in [9.17, 15) is 14.4 Å². The van der Waals surface area contributed by atoms with Crippen molar-refractivity contribution in [3.63, 3.8) is 0 Å². The van der Waals surface area contributed by atoms with E-state index >= 15 is 0 Å². The zero-order valence-electron chi connectivity index (χ0n) is 18.9. The predicted molar refractivity (Wildman–Crippen MR) is 135 cm³/mol. The van der Waals surface area contributed by atoms with Crippen LogP contribution in [0.25, 0.3) is 10.8 Å². The van der Waals surface area contributed by atoms with Crippen molar-refractivity contribution < 1.29 is 19.1 Å². The Bertz CT molecular complexity index is 1430. The smallest absolute Gasteiger partial charge is 0.261 e. The Morgan fingerprint density at radius 1 is 0.886 bits per heavy atom. The first-order valence-corrected chi connectivity index (χ1v) is 11.5. The molecule has 0 radical (unpaired) electrons. The number of rotatable bonds is 6. The molecule has 4 aromatic rings. The highest BCUT2D eigenvalue weighted by Gasteiger charge is 2.33. The van der Waals surface area contributed by atoms with Crippen molar-refractivity contribution in [2.75, 3.05) is 25.1 Å². The number of halogens is 1. The molecule has 6 nitrogen and oxygen atoms in total.